The number of aliphatic imine (C=N–C) groups is 1. The van der Waals surface area contributed by atoms with Gasteiger partial charge in [0.15, 0.2) is 5.96 Å². The molecule has 0 saturated heterocycles. The molecule has 1 rings (SSSR count). The van der Waals surface area contributed by atoms with Gasteiger partial charge in [0, 0.05) is 39.8 Å². The maximum atomic E-state index is 12.0. The zero-order valence-corrected chi connectivity index (χ0v) is 20.1. The number of hydrogen-bond acceptors (Lipinski definition) is 2. The molecule has 0 atom stereocenters. The molecule has 0 unspecified atom stereocenters. The first-order valence-electron chi connectivity index (χ1n) is 9.48. The molecule has 0 bridgehead atoms. The molecule has 0 heterocycles. The van der Waals surface area contributed by atoms with Crippen LogP contribution < -0.4 is 10.6 Å². The molecule has 154 valence electrons. The van der Waals surface area contributed by atoms with E-state index in [9.17, 15) is 4.79 Å². The van der Waals surface area contributed by atoms with Gasteiger partial charge in [0.05, 0.1) is 0 Å². The Kier molecular flexibility index (Phi) is 12.3. The molecule has 1 amide bonds. The van der Waals surface area contributed by atoms with Crippen molar-refractivity contribution in [3.05, 3.63) is 35.4 Å². The lowest BCUT2D eigenvalue weighted by molar-refractivity contribution is 0.0827. The number of nitrogens with one attached hydrogen (secondary N) is 2. The van der Waals surface area contributed by atoms with Crippen molar-refractivity contribution < 1.29 is 4.79 Å². The summed E-state index contributed by atoms with van der Waals surface area (Å²) in [5.74, 6) is 0.869. The number of unbranched alkanes of at least 4 members (excludes halogenated alkanes) is 1. The molecule has 1 aromatic rings. The lowest BCUT2D eigenvalue weighted by Crippen LogP contribution is -2.38. The zero-order chi connectivity index (χ0) is 19.6. The van der Waals surface area contributed by atoms with Gasteiger partial charge < -0.3 is 15.5 Å². The van der Waals surface area contributed by atoms with Crippen molar-refractivity contribution in [2.24, 2.45) is 10.4 Å². The Morgan fingerprint density at radius 2 is 1.78 bits per heavy atom. The van der Waals surface area contributed by atoms with Gasteiger partial charge >= 0.3 is 0 Å². The number of halogens is 1. The number of nitrogens with zero attached hydrogens (tertiary/aromatic N) is 2. The molecular weight excluding hydrogens is 451 g/mol. The Morgan fingerprint density at radius 3 is 2.37 bits per heavy atom. The number of rotatable bonds is 8. The third-order valence-corrected chi connectivity index (χ3v) is 4.16. The van der Waals surface area contributed by atoms with E-state index in [0.29, 0.717) is 5.41 Å². The molecule has 2 N–H and O–H groups in total. The largest absolute Gasteiger partial charge is 0.356 e. The maximum absolute atomic E-state index is 12.0. The smallest absolute Gasteiger partial charge is 0.253 e. The topological polar surface area (TPSA) is 56.7 Å². The number of amides is 1. The average Bonchev–Trinajstić information content (AvgIpc) is 2.58. The van der Waals surface area contributed by atoms with Gasteiger partial charge in [-0.1, -0.05) is 39.3 Å². The average molecular weight is 488 g/mol. The summed E-state index contributed by atoms with van der Waals surface area (Å²) in [5.41, 5.74) is 2.28. The molecule has 0 radical (unpaired) electrons. The monoisotopic (exact) mass is 488 g/mol. The lowest BCUT2D eigenvalue weighted by atomic mass is 9.90. The van der Waals surface area contributed by atoms with Crippen molar-refractivity contribution in [3.63, 3.8) is 0 Å². The Bertz CT molecular complexity index is 594. The number of carbonyl (C=O) groups is 1. The molecular formula is C21H37IN4O. The van der Waals surface area contributed by atoms with Gasteiger partial charge in [-0.2, -0.15) is 0 Å². The van der Waals surface area contributed by atoms with E-state index in [-0.39, 0.29) is 29.9 Å². The van der Waals surface area contributed by atoms with Crippen LogP contribution >= 0.6 is 24.0 Å². The normalized spacial score (nSPS) is 11.6. The molecule has 0 aliphatic heterocycles. The predicted molar refractivity (Wildman–Crippen MR) is 126 cm³/mol. The van der Waals surface area contributed by atoms with Crippen molar-refractivity contribution >= 4 is 35.8 Å². The number of carbonyl (C=O) groups excluding carboxylic acids is 1. The standard InChI is InChI=1S/C21H36N4O.HI/c1-21(2,3)13-7-8-14-23-20(22-4)24-15-12-17-10-9-11-18(16-17)19(26)25(5)6;/h9-11,16H,7-8,12-15H2,1-6H3,(H2,22,23,24);1H. The first-order valence-corrected chi connectivity index (χ1v) is 9.48. The summed E-state index contributed by atoms with van der Waals surface area (Å²) in [4.78, 5) is 17.9. The van der Waals surface area contributed by atoms with Gasteiger partial charge in [0.2, 0.25) is 0 Å². The van der Waals surface area contributed by atoms with E-state index in [2.05, 4.69) is 42.5 Å². The quantitative estimate of drug-likeness (QED) is 0.252. The first-order chi connectivity index (χ1) is 12.2. The van der Waals surface area contributed by atoms with Crippen molar-refractivity contribution in [1.82, 2.24) is 15.5 Å². The summed E-state index contributed by atoms with van der Waals surface area (Å²) in [6.45, 7) is 8.55. The third kappa shape index (κ3) is 11.2. The minimum atomic E-state index is 0. The summed E-state index contributed by atoms with van der Waals surface area (Å²) < 4.78 is 0. The maximum Gasteiger partial charge on any atom is 0.253 e. The second-order valence-corrected chi connectivity index (χ2v) is 8.09. The van der Waals surface area contributed by atoms with Crippen LogP contribution in [0.25, 0.3) is 0 Å². The van der Waals surface area contributed by atoms with Crippen LogP contribution in [0.5, 0.6) is 0 Å². The van der Waals surface area contributed by atoms with E-state index in [0.717, 1.165) is 43.0 Å². The van der Waals surface area contributed by atoms with Gasteiger partial charge in [-0.3, -0.25) is 9.79 Å². The highest BCUT2D eigenvalue weighted by Crippen LogP contribution is 2.21. The Hall–Kier alpha value is -1.31. The van der Waals surface area contributed by atoms with Gasteiger partial charge in [-0.25, -0.2) is 0 Å². The Balaban J connectivity index is 0.00000676. The van der Waals surface area contributed by atoms with Crippen LogP contribution in [0.15, 0.2) is 29.3 Å². The van der Waals surface area contributed by atoms with E-state index >= 15 is 0 Å². The van der Waals surface area contributed by atoms with Crippen LogP contribution in [-0.4, -0.2) is 51.0 Å². The molecule has 1 aromatic carbocycles. The summed E-state index contributed by atoms with van der Waals surface area (Å²) in [6, 6.07) is 7.81. The number of guanidine groups is 1. The van der Waals surface area contributed by atoms with Crippen LogP contribution in [0, 0.1) is 5.41 Å². The van der Waals surface area contributed by atoms with E-state index < -0.39 is 0 Å². The fourth-order valence-corrected chi connectivity index (χ4v) is 2.65. The van der Waals surface area contributed by atoms with E-state index in [1.54, 1.807) is 26.0 Å². The SMILES string of the molecule is CN=C(NCCCCC(C)(C)C)NCCc1cccc(C(=O)N(C)C)c1.I. The second-order valence-electron chi connectivity index (χ2n) is 8.09. The highest BCUT2D eigenvalue weighted by atomic mass is 127. The minimum Gasteiger partial charge on any atom is -0.356 e. The second kappa shape index (κ2) is 13.0. The van der Waals surface area contributed by atoms with E-state index in [1.807, 2.05) is 18.2 Å². The van der Waals surface area contributed by atoms with Crippen LogP contribution in [0.1, 0.15) is 56.0 Å². The Labute approximate surface area is 182 Å². The minimum absolute atomic E-state index is 0. The molecule has 0 aliphatic carbocycles. The van der Waals surface area contributed by atoms with Gasteiger partial charge in [0.25, 0.3) is 5.91 Å². The van der Waals surface area contributed by atoms with Crippen molar-refractivity contribution in [2.75, 3.05) is 34.2 Å². The van der Waals surface area contributed by atoms with E-state index in [1.165, 1.54) is 12.8 Å². The molecule has 5 nitrogen and oxygen atoms in total. The molecule has 0 saturated carbocycles. The van der Waals surface area contributed by atoms with Crippen LogP contribution in [-0.2, 0) is 6.42 Å². The van der Waals surface area contributed by atoms with Gasteiger partial charge in [-0.15, -0.1) is 24.0 Å². The van der Waals surface area contributed by atoms with E-state index in [4.69, 9.17) is 0 Å². The predicted octanol–water partition coefficient (Wildman–Crippen LogP) is 3.93. The van der Waals surface area contributed by atoms with Crippen LogP contribution in [0.4, 0.5) is 0 Å². The fourth-order valence-electron chi connectivity index (χ4n) is 2.65. The van der Waals surface area contributed by atoms with Gasteiger partial charge in [0.1, 0.15) is 0 Å². The third-order valence-electron chi connectivity index (χ3n) is 4.16. The molecule has 27 heavy (non-hydrogen) atoms. The van der Waals surface area contributed by atoms with Crippen molar-refractivity contribution in [1.29, 1.82) is 0 Å². The lowest BCUT2D eigenvalue weighted by Gasteiger charge is -2.18. The molecule has 0 fully saturated rings. The fraction of sp³-hybridized carbons (Fsp3) is 0.619. The summed E-state index contributed by atoms with van der Waals surface area (Å²) in [5, 5.41) is 6.70. The molecule has 0 aromatic heterocycles. The summed E-state index contributed by atoms with van der Waals surface area (Å²) >= 11 is 0. The van der Waals surface area contributed by atoms with Crippen molar-refractivity contribution in [3.8, 4) is 0 Å². The summed E-state index contributed by atoms with van der Waals surface area (Å²) in [6.07, 6.45) is 4.45. The van der Waals surface area contributed by atoms with Crippen molar-refractivity contribution in [2.45, 2.75) is 46.5 Å². The summed E-state index contributed by atoms with van der Waals surface area (Å²) in [7, 11) is 5.34. The number of hydrogen-bond donors (Lipinski definition) is 2. The molecule has 6 heteroatoms. The number of benzene rings is 1. The molecule has 0 spiro atoms. The first kappa shape index (κ1) is 25.7. The zero-order valence-electron chi connectivity index (χ0n) is 17.8. The van der Waals surface area contributed by atoms with Crippen LogP contribution in [0.3, 0.4) is 0 Å². The van der Waals surface area contributed by atoms with Gasteiger partial charge in [-0.05, 0) is 42.4 Å². The van der Waals surface area contributed by atoms with Crippen LogP contribution in [0.2, 0.25) is 0 Å². The highest BCUT2D eigenvalue weighted by Gasteiger charge is 2.09. The molecule has 0 aliphatic rings. The highest BCUT2D eigenvalue weighted by molar-refractivity contribution is 14.0. The Morgan fingerprint density at radius 1 is 1.11 bits per heavy atom.